The fourth-order valence-electron chi connectivity index (χ4n) is 1.84. The first kappa shape index (κ1) is 22.2. The maximum atomic E-state index is 10.1. The SMILES string of the molecule is [C-]#[N+][C@@H](CC(=O)[O-])CC(C)C.[C-]#[N+][C@H](CC(=O)[O-])CC(C)C. The lowest BCUT2D eigenvalue weighted by Gasteiger charge is -2.07. The van der Waals surface area contributed by atoms with E-state index in [1.165, 1.54) is 0 Å². The fourth-order valence-corrected chi connectivity index (χ4v) is 1.84. The van der Waals surface area contributed by atoms with Gasteiger partial charge in [0.15, 0.2) is 0 Å². The highest BCUT2D eigenvalue weighted by atomic mass is 16.4. The number of carbonyl (C=O) groups is 2. The van der Waals surface area contributed by atoms with Crippen LogP contribution in [0.1, 0.15) is 53.4 Å². The number of hydrogen-bond acceptors (Lipinski definition) is 4. The fraction of sp³-hybridized carbons (Fsp3) is 0.750. The zero-order valence-electron chi connectivity index (χ0n) is 13.7. The van der Waals surface area contributed by atoms with Gasteiger partial charge in [0, 0.05) is 24.8 Å². The van der Waals surface area contributed by atoms with Crippen molar-refractivity contribution in [1.82, 2.24) is 0 Å². The average molecular weight is 308 g/mol. The second-order valence-electron chi connectivity index (χ2n) is 5.98. The Morgan fingerprint density at radius 1 is 0.818 bits per heavy atom. The molecule has 0 aromatic heterocycles. The third-order valence-corrected chi connectivity index (χ3v) is 2.66. The van der Waals surface area contributed by atoms with Crippen LogP contribution in [0.3, 0.4) is 0 Å². The highest BCUT2D eigenvalue weighted by Crippen LogP contribution is 2.11. The summed E-state index contributed by atoms with van der Waals surface area (Å²) in [5.41, 5.74) is 0. The van der Waals surface area contributed by atoms with Gasteiger partial charge in [-0.15, -0.1) is 0 Å². The molecule has 0 aliphatic heterocycles. The largest absolute Gasteiger partial charge is 0.550 e. The molecule has 6 nitrogen and oxygen atoms in total. The molecule has 0 spiro atoms. The van der Waals surface area contributed by atoms with Crippen LogP contribution in [0.5, 0.6) is 0 Å². The van der Waals surface area contributed by atoms with E-state index < -0.39 is 24.0 Å². The standard InChI is InChI=1S/2C8H13NO2/c2*1-6(2)4-7(9-3)5-8(10)11/h2*6-7H,4-5H2,1-2H3,(H,10,11)/p-2/t2*7-/m10/s1. The highest BCUT2D eigenvalue weighted by molar-refractivity contribution is 5.65. The Kier molecular flexibility index (Phi) is 12.8. The maximum Gasteiger partial charge on any atom is 0.229 e. The second kappa shape index (κ2) is 12.6. The molecule has 0 aliphatic carbocycles. The number of nitrogens with zero attached hydrogens (tertiary/aromatic N) is 2. The minimum Gasteiger partial charge on any atom is -0.550 e. The molecule has 2 atom stereocenters. The quantitative estimate of drug-likeness (QED) is 0.624. The molecule has 0 saturated heterocycles. The van der Waals surface area contributed by atoms with Gasteiger partial charge in [0.05, 0.1) is 12.8 Å². The summed E-state index contributed by atoms with van der Waals surface area (Å²) in [5, 5.41) is 20.2. The van der Waals surface area contributed by atoms with Crippen LogP contribution in [0.2, 0.25) is 0 Å². The van der Waals surface area contributed by atoms with Crippen LogP contribution in [0.15, 0.2) is 0 Å². The zero-order valence-corrected chi connectivity index (χ0v) is 13.7. The van der Waals surface area contributed by atoms with E-state index in [1.54, 1.807) is 0 Å². The van der Waals surface area contributed by atoms with Crippen molar-refractivity contribution >= 4 is 11.9 Å². The Bertz CT molecular complexity index is 379. The molecule has 0 heterocycles. The third-order valence-electron chi connectivity index (χ3n) is 2.66. The maximum absolute atomic E-state index is 10.1. The summed E-state index contributed by atoms with van der Waals surface area (Å²) in [6.07, 6.45) is 0.998. The number of carbonyl (C=O) groups excluding carboxylic acids is 2. The van der Waals surface area contributed by atoms with E-state index in [0.717, 1.165) is 0 Å². The van der Waals surface area contributed by atoms with Crippen molar-refractivity contribution in [3.8, 4) is 0 Å². The topological polar surface area (TPSA) is 89.0 Å². The molecule has 0 fully saturated rings. The first-order valence-electron chi connectivity index (χ1n) is 7.25. The van der Waals surface area contributed by atoms with E-state index in [2.05, 4.69) is 9.69 Å². The Morgan fingerprint density at radius 3 is 1.23 bits per heavy atom. The summed E-state index contributed by atoms with van der Waals surface area (Å²) in [5.74, 6) is -1.53. The lowest BCUT2D eigenvalue weighted by atomic mass is 10.0. The lowest BCUT2D eigenvalue weighted by molar-refractivity contribution is -0.307. The second-order valence-corrected chi connectivity index (χ2v) is 5.98. The number of rotatable bonds is 8. The van der Waals surface area contributed by atoms with Crippen molar-refractivity contribution in [3.05, 3.63) is 22.8 Å². The van der Waals surface area contributed by atoms with Gasteiger partial charge in [-0.1, -0.05) is 27.7 Å². The van der Waals surface area contributed by atoms with Crippen molar-refractivity contribution in [3.63, 3.8) is 0 Å². The summed E-state index contributed by atoms with van der Waals surface area (Å²) in [4.78, 5) is 26.6. The molecule has 0 saturated carbocycles. The monoisotopic (exact) mass is 308 g/mol. The molecule has 0 aliphatic rings. The molecule has 22 heavy (non-hydrogen) atoms. The zero-order chi connectivity index (χ0) is 17.7. The van der Waals surface area contributed by atoms with E-state index in [4.69, 9.17) is 13.1 Å². The van der Waals surface area contributed by atoms with E-state index >= 15 is 0 Å². The van der Waals surface area contributed by atoms with Gasteiger partial charge in [0.1, 0.15) is 0 Å². The van der Waals surface area contributed by atoms with Gasteiger partial charge in [-0.05, 0) is 11.8 Å². The van der Waals surface area contributed by atoms with Crippen LogP contribution in [-0.2, 0) is 9.59 Å². The van der Waals surface area contributed by atoms with E-state index in [-0.39, 0.29) is 12.8 Å². The molecule has 0 aromatic rings. The minimum absolute atomic E-state index is 0.137. The van der Waals surface area contributed by atoms with Crippen molar-refractivity contribution in [2.24, 2.45) is 11.8 Å². The van der Waals surface area contributed by atoms with Gasteiger partial charge in [-0.2, -0.15) is 0 Å². The molecule has 0 radical (unpaired) electrons. The molecule has 0 aromatic carbocycles. The smallest absolute Gasteiger partial charge is 0.229 e. The molecule has 0 rings (SSSR count). The first-order valence-corrected chi connectivity index (χ1v) is 7.25. The normalized spacial score (nSPS) is 12.5. The molecule has 0 N–H and O–H groups in total. The Morgan fingerprint density at radius 2 is 1.09 bits per heavy atom. The summed E-state index contributed by atoms with van der Waals surface area (Å²) in [6.45, 7) is 21.2. The average Bonchev–Trinajstić information content (AvgIpc) is 2.35. The van der Waals surface area contributed by atoms with E-state index in [1.807, 2.05) is 27.7 Å². The van der Waals surface area contributed by atoms with Gasteiger partial charge in [0.2, 0.25) is 12.1 Å². The number of aliphatic carboxylic acids is 2. The number of carboxylic acid groups (broad SMARTS) is 2. The summed E-state index contributed by atoms with van der Waals surface area (Å²) < 4.78 is 0. The van der Waals surface area contributed by atoms with Crippen LogP contribution < -0.4 is 10.2 Å². The van der Waals surface area contributed by atoms with E-state index in [9.17, 15) is 19.8 Å². The summed E-state index contributed by atoms with van der Waals surface area (Å²) >= 11 is 0. The van der Waals surface area contributed by atoms with Gasteiger partial charge in [-0.3, -0.25) is 0 Å². The molecular weight excluding hydrogens is 284 g/mol. The molecule has 0 bridgehead atoms. The van der Waals surface area contributed by atoms with E-state index in [0.29, 0.717) is 24.7 Å². The van der Waals surface area contributed by atoms with Crippen LogP contribution in [0.4, 0.5) is 0 Å². The van der Waals surface area contributed by atoms with Crippen molar-refractivity contribution < 1.29 is 19.8 Å². The van der Waals surface area contributed by atoms with Crippen molar-refractivity contribution in [1.29, 1.82) is 0 Å². The predicted molar refractivity (Wildman–Crippen MR) is 78.9 cm³/mol. The van der Waals surface area contributed by atoms with Gasteiger partial charge >= 0.3 is 0 Å². The minimum atomic E-state index is -1.13. The molecule has 6 heteroatoms. The first-order chi connectivity index (χ1) is 10.1. The van der Waals surface area contributed by atoms with Crippen LogP contribution in [0.25, 0.3) is 9.69 Å². The molecule has 0 amide bonds. The number of carboxylic acids is 2. The summed E-state index contributed by atoms with van der Waals surface area (Å²) in [7, 11) is 0. The van der Waals surface area contributed by atoms with Gasteiger partial charge in [-0.25, -0.2) is 13.1 Å². The summed E-state index contributed by atoms with van der Waals surface area (Å²) in [6, 6.07) is -0.806. The van der Waals surface area contributed by atoms with Gasteiger partial charge < -0.3 is 29.5 Å². The van der Waals surface area contributed by atoms with Crippen molar-refractivity contribution in [2.45, 2.75) is 65.5 Å². The van der Waals surface area contributed by atoms with Crippen molar-refractivity contribution in [2.75, 3.05) is 0 Å². The van der Waals surface area contributed by atoms with Gasteiger partial charge in [0.25, 0.3) is 0 Å². The lowest BCUT2D eigenvalue weighted by Crippen LogP contribution is -2.26. The van der Waals surface area contributed by atoms with Crippen LogP contribution in [-0.4, -0.2) is 24.0 Å². The Labute approximate surface area is 132 Å². The highest BCUT2D eigenvalue weighted by Gasteiger charge is 2.14. The Hall–Kier alpha value is -2.08. The molecule has 0 unspecified atom stereocenters. The third kappa shape index (κ3) is 16.0. The predicted octanol–water partition coefficient (Wildman–Crippen LogP) is 0.921. The molecular formula is C16H24N2O4-2. The van der Waals surface area contributed by atoms with Crippen LogP contribution in [0, 0.1) is 25.0 Å². The Balaban J connectivity index is 0. The molecule has 124 valence electrons. The number of hydrogen-bond donors (Lipinski definition) is 0. The van der Waals surface area contributed by atoms with Crippen LogP contribution >= 0.6 is 0 Å².